The Labute approximate surface area is 183 Å². The van der Waals surface area contributed by atoms with E-state index in [1.807, 2.05) is 13.0 Å². The summed E-state index contributed by atoms with van der Waals surface area (Å²) in [7, 11) is 0. The van der Waals surface area contributed by atoms with Gasteiger partial charge in [0.25, 0.3) is 5.91 Å². The van der Waals surface area contributed by atoms with Gasteiger partial charge in [-0.2, -0.15) is 5.26 Å². The first-order chi connectivity index (χ1) is 14.9. The molecule has 2 aliphatic rings. The molecular weight excluding hydrogens is 417 g/mol. The highest BCUT2D eigenvalue weighted by molar-refractivity contribution is 8.13. The Morgan fingerprint density at radius 2 is 2.29 bits per heavy atom. The van der Waals surface area contributed by atoms with Gasteiger partial charge >= 0.3 is 0 Å². The molecule has 1 aromatic carbocycles. The molecule has 1 aliphatic carbocycles. The van der Waals surface area contributed by atoms with Crippen LogP contribution < -0.4 is 11.1 Å². The second-order valence-electron chi connectivity index (χ2n) is 7.59. The zero-order valence-corrected chi connectivity index (χ0v) is 17.8. The van der Waals surface area contributed by atoms with Gasteiger partial charge in [0.2, 0.25) is 0 Å². The number of amides is 1. The van der Waals surface area contributed by atoms with E-state index in [-0.39, 0.29) is 23.5 Å². The van der Waals surface area contributed by atoms with Crippen molar-refractivity contribution in [2.45, 2.75) is 31.4 Å². The van der Waals surface area contributed by atoms with E-state index in [0.717, 1.165) is 12.2 Å². The number of rotatable bonds is 5. The number of nitriles is 1. The van der Waals surface area contributed by atoms with Crippen LogP contribution in [0.4, 0.5) is 10.1 Å². The Morgan fingerprint density at radius 1 is 1.45 bits per heavy atom. The Kier molecular flexibility index (Phi) is 5.94. The molecule has 0 unspecified atom stereocenters. The van der Waals surface area contributed by atoms with Gasteiger partial charge in [0.05, 0.1) is 17.2 Å². The van der Waals surface area contributed by atoms with Crippen molar-refractivity contribution in [1.82, 2.24) is 4.98 Å². The summed E-state index contributed by atoms with van der Waals surface area (Å²) in [5.41, 5.74) is 6.61. The van der Waals surface area contributed by atoms with Crippen molar-refractivity contribution in [3.63, 3.8) is 0 Å². The molecule has 2 heterocycles. The summed E-state index contributed by atoms with van der Waals surface area (Å²) in [6.45, 7) is 2.52. The first-order valence-corrected chi connectivity index (χ1v) is 11.0. The average molecular weight is 440 g/mol. The number of nitrogens with one attached hydrogen (secondary N) is 1. The van der Waals surface area contributed by atoms with Crippen molar-refractivity contribution < 1.29 is 13.9 Å². The highest BCUT2D eigenvalue weighted by Crippen LogP contribution is 2.52. The van der Waals surface area contributed by atoms with E-state index in [1.54, 1.807) is 6.07 Å². The lowest BCUT2D eigenvalue weighted by atomic mass is 9.81. The van der Waals surface area contributed by atoms with E-state index in [4.69, 9.17) is 20.7 Å². The number of aromatic nitrogens is 1. The van der Waals surface area contributed by atoms with Gasteiger partial charge in [-0.15, -0.1) is 0 Å². The fourth-order valence-electron chi connectivity index (χ4n) is 4.34. The molecule has 0 spiro atoms. The smallest absolute Gasteiger partial charge is 0.274 e. The number of pyridine rings is 1. The summed E-state index contributed by atoms with van der Waals surface area (Å²) in [5, 5.41) is 12.1. The Bertz CT molecular complexity index is 1070. The van der Waals surface area contributed by atoms with Crippen LogP contribution in [0.5, 0.6) is 0 Å². The maximum Gasteiger partial charge on any atom is 0.274 e. The molecule has 1 fully saturated rings. The number of anilines is 1. The maximum absolute atomic E-state index is 15.1. The monoisotopic (exact) mass is 439 g/mol. The normalized spacial score (nSPS) is 24.7. The number of nitrogens with two attached hydrogens (primary N) is 1. The molecular formula is C22H22FN5O2S. The summed E-state index contributed by atoms with van der Waals surface area (Å²) >= 11 is 1.48. The molecule has 2 aromatic rings. The number of hydrogen-bond acceptors (Lipinski definition) is 7. The van der Waals surface area contributed by atoms with Crippen molar-refractivity contribution >= 4 is 28.5 Å². The van der Waals surface area contributed by atoms with Gasteiger partial charge in [-0.05, 0) is 43.7 Å². The number of thioether (sulfide) groups is 1. The molecule has 0 radical (unpaired) electrons. The summed E-state index contributed by atoms with van der Waals surface area (Å²) < 4.78 is 20.9. The quantitative estimate of drug-likeness (QED) is 0.738. The van der Waals surface area contributed by atoms with Crippen LogP contribution in [-0.2, 0) is 10.3 Å². The second-order valence-corrected chi connectivity index (χ2v) is 8.63. The summed E-state index contributed by atoms with van der Waals surface area (Å²) in [6, 6.07) is 9.42. The number of carbonyl (C=O) groups is 1. The Balaban J connectivity index is 1.66. The largest absolute Gasteiger partial charge is 0.379 e. The minimum atomic E-state index is -0.813. The van der Waals surface area contributed by atoms with E-state index in [2.05, 4.69) is 10.3 Å². The van der Waals surface area contributed by atoms with Crippen molar-refractivity contribution in [2.75, 3.05) is 17.7 Å². The summed E-state index contributed by atoms with van der Waals surface area (Å²) in [6.07, 6.45) is 2.63. The highest BCUT2D eigenvalue weighted by atomic mass is 32.2. The molecule has 1 aromatic heterocycles. The standard InChI is InChI=1S/C22H22FN5O2S/c1-2-30-16-7-14-12-31-21(25)28-22(14,9-16)17-8-15(4-5-18(17)23)27-20(29)19-6-3-13(10-24)11-26-19/h3-6,8,11,14,16H,2,7,9,12H2,1H3,(H2,25,28)(H,27,29)/t14-,16+,22-/m0/s1. The zero-order chi connectivity index (χ0) is 22.0. The molecule has 1 aliphatic heterocycles. The van der Waals surface area contributed by atoms with Crippen molar-refractivity contribution in [1.29, 1.82) is 5.26 Å². The third kappa shape index (κ3) is 4.13. The Morgan fingerprint density at radius 3 is 3.00 bits per heavy atom. The van der Waals surface area contributed by atoms with Gasteiger partial charge in [-0.3, -0.25) is 9.79 Å². The minimum absolute atomic E-state index is 0.0225. The van der Waals surface area contributed by atoms with Gasteiger partial charge in [0.1, 0.15) is 17.6 Å². The van der Waals surface area contributed by atoms with Crippen LogP contribution >= 0.6 is 11.8 Å². The maximum atomic E-state index is 15.1. The van der Waals surface area contributed by atoms with Crippen molar-refractivity contribution in [3.8, 4) is 6.07 Å². The fourth-order valence-corrected chi connectivity index (χ4v) is 5.36. The van der Waals surface area contributed by atoms with Crippen LogP contribution in [0.25, 0.3) is 0 Å². The molecule has 7 nitrogen and oxygen atoms in total. The second kappa shape index (κ2) is 8.65. The number of hydrogen-bond donors (Lipinski definition) is 2. The number of halogens is 1. The number of amidine groups is 1. The van der Waals surface area contributed by atoms with Gasteiger partial charge in [-0.1, -0.05) is 11.8 Å². The van der Waals surface area contributed by atoms with Crippen molar-refractivity contribution in [3.05, 3.63) is 59.2 Å². The molecule has 0 saturated heterocycles. The van der Waals surface area contributed by atoms with Gasteiger partial charge in [0.15, 0.2) is 5.17 Å². The highest BCUT2D eigenvalue weighted by Gasteiger charge is 2.52. The molecule has 1 saturated carbocycles. The molecule has 160 valence electrons. The molecule has 0 bridgehead atoms. The van der Waals surface area contributed by atoms with E-state index in [9.17, 15) is 4.79 Å². The molecule has 1 amide bonds. The molecule has 9 heteroatoms. The van der Waals surface area contributed by atoms with E-state index in [1.165, 1.54) is 42.2 Å². The Hall–Kier alpha value is -2.96. The minimum Gasteiger partial charge on any atom is -0.379 e. The number of nitrogens with zero attached hydrogens (tertiary/aromatic N) is 3. The first-order valence-electron chi connectivity index (χ1n) is 10.0. The first kappa shape index (κ1) is 21.3. The predicted octanol–water partition coefficient (Wildman–Crippen LogP) is 3.42. The zero-order valence-electron chi connectivity index (χ0n) is 17.0. The topological polar surface area (TPSA) is 113 Å². The van der Waals surface area contributed by atoms with E-state index >= 15 is 4.39 Å². The number of aliphatic imine (C=N–C) groups is 1. The predicted molar refractivity (Wildman–Crippen MR) is 117 cm³/mol. The molecule has 3 atom stereocenters. The number of fused-ring (bicyclic) bond motifs is 1. The lowest BCUT2D eigenvalue weighted by Gasteiger charge is -2.36. The SMILES string of the molecule is CCO[C@@H]1C[C@H]2CSC(N)=N[C@@]2(c2cc(NC(=O)c3ccc(C#N)cn3)ccc2F)C1. The van der Waals surface area contributed by atoms with Crippen LogP contribution in [0.3, 0.4) is 0 Å². The number of carbonyl (C=O) groups excluding carboxylic acids is 1. The fraction of sp³-hybridized carbons (Fsp3) is 0.364. The number of ether oxygens (including phenoxy) is 1. The van der Waals surface area contributed by atoms with Crippen LogP contribution in [0.15, 0.2) is 41.5 Å². The van der Waals surface area contributed by atoms with Crippen molar-refractivity contribution in [2.24, 2.45) is 16.6 Å². The molecule has 4 rings (SSSR count). The van der Waals surface area contributed by atoms with Gasteiger partial charge in [0, 0.05) is 42.1 Å². The van der Waals surface area contributed by atoms with Crippen LogP contribution in [0.2, 0.25) is 0 Å². The lowest BCUT2D eigenvalue weighted by Crippen LogP contribution is -2.37. The van der Waals surface area contributed by atoms with Gasteiger partial charge in [-0.25, -0.2) is 9.37 Å². The third-order valence-corrected chi connectivity index (χ3v) is 6.68. The summed E-state index contributed by atoms with van der Waals surface area (Å²) in [5.74, 6) is -0.0107. The number of benzene rings is 1. The third-order valence-electron chi connectivity index (χ3n) is 5.72. The molecule has 31 heavy (non-hydrogen) atoms. The van der Waals surface area contributed by atoms with E-state index in [0.29, 0.717) is 35.0 Å². The van der Waals surface area contributed by atoms with Crippen LogP contribution in [0, 0.1) is 23.1 Å². The van der Waals surface area contributed by atoms with Gasteiger partial charge < -0.3 is 15.8 Å². The molecule has 3 N–H and O–H groups in total. The van der Waals surface area contributed by atoms with Crippen LogP contribution in [-0.4, -0.2) is 34.5 Å². The lowest BCUT2D eigenvalue weighted by molar-refractivity contribution is 0.0629. The average Bonchev–Trinajstić information content (AvgIpc) is 3.13. The van der Waals surface area contributed by atoms with Crippen LogP contribution in [0.1, 0.15) is 41.4 Å². The summed E-state index contributed by atoms with van der Waals surface area (Å²) in [4.78, 5) is 21.3. The van der Waals surface area contributed by atoms with E-state index < -0.39 is 11.4 Å².